The first-order valence-electron chi connectivity index (χ1n) is 4.76. The van der Waals surface area contributed by atoms with Gasteiger partial charge in [0.05, 0.1) is 11.5 Å². The Morgan fingerprint density at radius 1 is 1.53 bits per heavy atom. The van der Waals surface area contributed by atoms with Gasteiger partial charge in [0.2, 0.25) is 0 Å². The third kappa shape index (κ3) is 2.63. The van der Waals surface area contributed by atoms with Gasteiger partial charge in [-0.1, -0.05) is 11.8 Å². The van der Waals surface area contributed by atoms with Crippen molar-refractivity contribution in [3.63, 3.8) is 0 Å². The highest BCUT2D eigenvalue weighted by Gasteiger charge is 2.11. The second kappa shape index (κ2) is 4.98. The minimum Gasteiger partial charge on any atom is -0.392 e. The Morgan fingerprint density at radius 2 is 2.35 bits per heavy atom. The molecule has 1 heterocycles. The lowest BCUT2D eigenvalue weighted by atomic mass is 10.2. The maximum Gasteiger partial charge on any atom is 0.269 e. The fourth-order valence-electron chi connectivity index (χ4n) is 1.31. The van der Waals surface area contributed by atoms with Crippen LogP contribution in [0.2, 0.25) is 0 Å². The Labute approximate surface area is 101 Å². The van der Waals surface area contributed by atoms with Gasteiger partial charge in [-0.3, -0.25) is 10.1 Å². The van der Waals surface area contributed by atoms with Gasteiger partial charge in [0.1, 0.15) is 0 Å². The largest absolute Gasteiger partial charge is 0.392 e. The summed E-state index contributed by atoms with van der Waals surface area (Å²) in [6.07, 6.45) is 3.30. The molecular formula is C10H9N3O3S. The van der Waals surface area contributed by atoms with Crippen molar-refractivity contribution < 1.29 is 10.0 Å². The fraction of sp³-hybridized carbons (Fsp3) is 0.100. The van der Waals surface area contributed by atoms with Crippen LogP contribution in [0, 0.1) is 10.1 Å². The summed E-state index contributed by atoms with van der Waals surface area (Å²) in [6, 6.07) is 4.38. The number of rotatable bonds is 4. The van der Waals surface area contributed by atoms with Gasteiger partial charge in [0, 0.05) is 29.4 Å². The predicted octanol–water partition coefficient (Wildman–Crippen LogP) is 1.96. The van der Waals surface area contributed by atoms with Gasteiger partial charge >= 0.3 is 0 Å². The van der Waals surface area contributed by atoms with Crippen molar-refractivity contribution in [3.8, 4) is 0 Å². The number of nitrogens with one attached hydrogen (secondary N) is 1. The summed E-state index contributed by atoms with van der Waals surface area (Å²) in [5.41, 5.74) is 0.485. The molecule has 0 amide bonds. The van der Waals surface area contributed by atoms with Gasteiger partial charge < -0.3 is 10.1 Å². The van der Waals surface area contributed by atoms with Gasteiger partial charge in [-0.2, -0.15) is 0 Å². The second-order valence-corrected chi connectivity index (χ2v) is 4.23. The average molecular weight is 251 g/mol. The minimum atomic E-state index is -0.486. The van der Waals surface area contributed by atoms with E-state index in [2.05, 4.69) is 9.97 Å². The van der Waals surface area contributed by atoms with Gasteiger partial charge in [0.15, 0.2) is 5.16 Å². The predicted molar refractivity (Wildman–Crippen MR) is 61.7 cm³/mol. The number of non-ortho nitro benzene ring substituents is 1. The molecule has 6 nitrogen and oxygen atoms in total. The summed E-state index contributed by atoms with van der Waals surface area (Å²) in [7, 11) is 0. The summed E-state index contributed by atoms with van der Waals surface area (Å²) < 4.78 is 0. The SMILES string of the molecule is O=[N+]([O-])c1ccc(Sc2ncc[nH]2)c(CO)c1. The Balaban J connectivity index is 2.31. The van der Waals surface area contributed by atoms with Crippen molar-refractivity contribution in [2.45, 2.75) is 16.7 Å². The monoisotopic (exact) mass is 251 g/mol. The number of aliphatic hydroxyl groups excluding tert-OH is 1. The molecule has 0 aliphatic carbocycles. The molecule has 17 heavy (non-hydrogen) atoms. The van der Waals surface area contributed by atoms with Crippen LogP contribution in [0.5, 0.6) is 0 Å². The molecule has 1 aromatic carbocycles. The van der Waals surface area contributed by atoms with Crippen LogP contribution in [-0.2, 0) is 6.61 Å². The number of nitrogens with zero attached hydrogens (tertiary/aromatic N) is 2. The summed E-state index contributed by atoms with van der Waals surface area (Å²) in [5.74, 6) is 0. The maximum atomic E-state index is 10.6. The molecule has 2 N–H and O–H groups in total. The number of aromatic amines is 1. The molecule has 88 valence electrons. The van der Waals surface area contributed by atoms with Crippen LogP contribution in [-0.4, -0.2) is 20.0 Å². The van der Waals surface area contributed by atoms with Crippen LogP contribution in [0.4, 0.5) is 5.69 Å². The zero-order valence-corrected chi connectivity index (χ0v) is 9.48. The topological polar surface area (TPSA) is 92.0 Å². The molecule has 7 heteroatoms. The van der Waals surface area contributed by atoms with Crippen LogP contribution >= 0.6 is 11.8 Å². The molecule has 2 aromatic rings. The number of H-pyrrole nitrogens is 1. The van der Waals surface area contributed by atoms with E-state index in [1.165, 1.54) is 23.9 Å². The number of nitro groups is 1. The average Bonchev–Trinajstić information content (AvgIpc) is 2.82. The zero-order chi connectivity index (χ0) is 12.3. The van der Waals surface area contributed by atoms with Gasteiger partial charge in [-0.25, -0.2) is 4.98 Å². The van der Waals surface area contributed by atoms with Crippen molar-refractivity contribution >= 4 is 17.4 Å². The van der Waals surface area contributed by atoms with Crippen molar-refractivity contribution in [2.75, 3.05) is 0 Å². The first-order valence-corrected chi connectivity index (χ1v) is 5.58. The number of benzene rings is 1. The molecule has 1 aromatic heterocycles. The van der Waals surface area contributed by atoms with E-state index in [1.54, 1.807) is 18.5 Å². The summed E-state index contributed by atoms with van der Waals surface area (Å²) in [6.45, 7) is -0.245. The molecule has 0 bridgehead atoms. The third-order valence-corrected chi connectivity index (χ3v) is 3.14. The first-order chi connectivity index (χ1) is 8.20. The number of hydrogen-bond acceptors (Lipinski definition) is 5. The van der Waals surface area contributed by atoms with E-state index in [4.69, 9.17) is 0 Å². The lowest BCUT2D eigenvalue weighted by Crippen LogP contribution is -1.93. The van der Waals surface area contributed by atoms with E-state index in [-0.39, 0.29) is 12.3 Å². The van der Waals surface area contributed by atoms with Crippen molar-refractivity contribution in [3.05, 3.63) is 46.3 Å². The Hall–Kier alpha value is -1.86. The Bertz CT molecular complexity index is 528. The maximum absolute atomic E-state index is 10.6. The molecule has 0 aliphatic rings. The second-order valence-electron chi connectivity index (χ2n) is 3.20. The van der Waals surface area contributed by atoms with E-state index in [1.807, 2.05) is 0 Å². The number of nitro benzene ring substituents is 1. The molecule has 0 radical (unpaired) electrons. The fourth-order valence-corrected chi connectivity index (χ4v) is 2.15. The van der Waals surface area contributed by atoms with Gasteiger partial charge in [-0.15, -0.1) is 0 Å². The lowest BCUT2D eigenvalue weighted by molar-refractivity contribution is -0.385. The van der Waals surface area contributed by atoms with E-state index < -0.39 is 4.92 Å². The highest BCUT2D eigenvalue weighted by atomic mass is 32.2. The molecule has 0 aliphatic heterocycles. The molecule has 2 rings (SSSR count). The molecule has 0 unspecified atom stereocenters. The molecular weight excluding hydrogens is 242 g/mol. The van der Waals surface area contributed by atoms with Crippen LogP contribution in [0.25, 0.3) is 0 Å². The standard InChI is InChI=1S/C10H9N3O3S/c14-6-7-5-8(13(15)16)1-2-9(7)17-10-11-3-4-12-10/h1-5,14H,6H2,(H,11,12). The molecule has 0 atom stereocenters. The number of imidazole rings is 1. The minimum absolute atomic E-state index is 0.0298. The van der Waals surface area contributed by atoms with Gasteiger partial charge in [0.25, 0.3) is 5.69 Å². The van der Waals surface area contributed by atoms with E-state index >= 15 is 0 Å². The highest BCUT2D eigenvalue weighted by Crippen LogP contribution is 2.30. The Morgan fingerprint density at radius 3 is 2.94 bits per heavy atom. The zero-order valence-electron chi connectivity index (χ0n) is 8.66. The lowest BCUT2D eigenvalue weighted by Gasteiger charge is -2.04. The summed E-state index contributed by atoms with van der Waals surface area (Å²) in [4.78, 5) is 17.8. The Kier molecular flexibility index (Phi) is 3.40. The van der Waals surface area contributed by atoms with E-state index in [0.717, 1.165) is 4.90 Å². The number of aliphatic hydroxyl groups is 1. The number of aromatic nitrogens is 2. The molecule has 0 saturated heterocycles. The van der Waals surface area contributed by atoms with Gasteiger partial charge in [-0.05, 0) is 11.6 Å². The molecule has 0 saturated carbocycles. The van der Waals surface area contributed by atoms with E-state index in [0.29, 0.717) is 10.7 Å². The van der Waals surface area contributed by atoms with Crippen LogP contribution in [0.1, 0.15) is 5.56 Å². The summed E-state index contributed by atoms with van der Waals surface area (Å²) in [5, 5.41) is 20.5. The van der Waals surface area contributed by atoms with Crippen molar-refractivity contribution in [1.29, 1.82) is 0 Å². The smallest absolute Gasteiger partial charge is 0.269 e. The first kappa shape index (κ1) is 11.6. The molecule has 0 fully saturated rings. The highest BCUT2D eigenvalue weighted by molar-refractivity contribution is 7.99. The van der Waals surface area contributed by atoms with Crippen LogP contribution in [0.3, 0.4) is 0 Å². The van der Waals surface area contributed by atoms with E-state index in [9.17, 15) is 15.2 Å². The van der Waals surface area contributed by atoms with Crippen molar-refractivity contribution in [1.82, 2.24) is 9.97 Å². The third-order valence-electron chi connectivity index (χ3n) is 2.11. The van der Waals surface area contributed by atoms with Crippen LogP contribution in [0.15, 0.2) is 40.6 Å². The summed E-state index contributed by atoms with van der Waals surface area (Å²) >= 11 is 1.32. The van der Waals surface area contributed by atoms with Crippen molar-refractivity contribution in [2.24, 2.45) is 0 Å². The molecule has 0 spiro atoms. The van der Waals surface area contributed by atoms with Crippen LogP contribution < -0.4 is 0 Å². The number of hydrogen-bond donors (Lipinski definition) is 2. The normalized spacial score (nSPS) is 10.4. The quantitative estimate of drug-likeness (QED) is 0.640.